The number of carbonyl (C=O) groups excluding carboxylic acids is 3. The summed E-state index contributed by atoms with van der Waals surface area (Å²) in [6, 6.07) is 7.95. The van der Waals surface area contributed by atoms with Crippen molar-refractivity contribution in [2.45, 2.75) is 18.9 Å². The van der Waals surface area contributed by atoms with Gasteiger partial charge in [0.05, 0.1) is 18.1 Å². The third-order valence-electron chi connectivity index (χ3n) is 5.33. The van der Waals surface area contributed by atoms with Gasteiger partial charge >= 0.3 is 6.03 Å². The number of hydrogen-bond acceptors (Lipinski definition) is 7. The number of benzene rings is 2. The summed E-state index contributed by atoms with van der Waals surface area (Å²) >= 11 is 5.77. The number of carbonyl (C=O) groups is 3. The Balaban J connectivity index is 1.50. The lowest BCUT2D eigenvalue weighted by Gasteiger charge is -2.23. The summed E-state index contributed by atoms with van der Waals surface area (Å²) in [6.45, 7) is 1.93. The first kappa shape index (κ1) is 22.3. The van der Waals surface area contributed by atoms with E-state index in [1.165, 1.54) is 19.1 Å². The molecule has 2 aromatic carbocycles. The maximum atomic E-state index is 13.1. The molecule has 1 saturated heterocycles. The molecule has 4 amide bonds. The van der Waals surface area contributed by atoms with Crippen LogP contribution in [0.2, 0.25) is 5.02 Å². The van der Waals surface area contributed by atoms with Crippen molar-refractivity contribution >= 4 is 40.8 Å². The molecule has 0 spiro atoms. The Morgan fingerprint density at radius 2 is 1.94 bits per heavy atom. The molecule has 2 aromatic rings. The number of rotatable bonds is 5. The van der Waals surface area contributed by atoms with Crippen molar-refractivity contribution in [2.24, 2.45) is 0 Å². The van der Waals surface area contributed by atoms with Crippen LogP contribution in [0, 0.1) is 10.1 Å². The SMILES string of the molecule is CC1(c2ccc3c(c2)OCCCO3)NC(=O)N(CC(=O)Nc2ccc(Cl)c([N+](=O)[O-])c2)C1=O. The van der Waals surface area contributed by atoms with E-state index < -0.39 is 34.9 Å². The van der Waals surface area contributed by atoms with Gasteiger partial charge in [-0.2, -0.15) is 0 Å². The van der Waals surface area contributed by atoms with Crippen LogP contribution < -0.4 is 20.1 Å². The second kappa shape index (κ2) is 8.58. The Morgan fingerprint density at radius 1 is 1.21 bits per heavy atom. The molecule has 172 valence electrons. The van der Waals surface area contributed by atoms with Gasteiger partial charge in [0, 0.05) is 18.2 Å². The summed E-state index contributed by atoms with van der Waals surface area (Å²) in [7, 11) is 0. The topological polar surface area (TPSA) is 140 Å². The molecule has 11 nitrogen and oxygen atoms in total. The van der Waals surface area contributed by atoms with Crippen LogP contribution in [0.15, 0.2) is 36.4 Å². The van der Waals surface area contributed by atoms with E-state index in [4.69, 9.17) is 21.1 Å². The molecule has 2 heterocycles. The standard InChI is InChI=1S/C21H19ClN4O7/c1-21(12-3-6-16-17(9-12)33-8-2-7-32-16)19(28)25(20(29)24-21)11-18(27)23-13-4-5-14(22)15(10-13)26(30)31/h3-6,9-10H,2,7-8,11H2,1H3,(H,23,27)(H,24,29). The molecular weight excluding hydrogens is 456 g/mol. The summed E-state index contributed by atoms with van der Waals surface area (Å²) in [6.07, 6.45) is 0.719. The fraction of sp³-hybridized carbons (Fsp3) is 0.286. The zero-order chi connectivity index (χ0) is 23.8. The lowest BCUT2D eigenvalue weighted by molar-refractivity contribution is -0.384. The first-order chi connectivity index (χ1) is 15.7. The number of fused-ring (bicyclic) bond motifs is 1. The number of halogens is 1. The fourth-order valence-corrected chi connectivity index (χ4v) is 3.77. The van der Waals surface area contributed by atoms with Gasteiger partial charge in [0.25, 0.3) is 11.6 Å². The van der Waals surface area contributed by atoms with Crippen LogP contribution in [0.3, 0.4) is 0 Å². The summed E-state index contributed by atoms with van der Waals surface area (Å²) in [5, 5.41) is 16.0. The molecule has 2 N–H and O–H groups in total. The van der Waals surface area contributed by atoms with Crippen LogP contribution in [0.25, 0.3) is 0 Å². The largest absolute Gasteiger partial charge is 0.490 e. The molecular formula is C21H19ClN4O7. The Labute approximate surface area is 192 Å². The Bertz CT molecular complexity index is 1170. The van der Waals surface area contributed by atoms with Crippen LogP contribution in [0.5, 0.6) is 11.5 Å². The summed E-state index contributed by atoms with van der Waals surface area (Å²) in [5.74, 6) is -0.323. The zero-order valence-corrected chi connectivity index (χ0v) is 18.2. The van der Waals surface area contributed by atoms with Gasteiger partial charge in [-0.1, -0.05) is 17.7 Å². The highest BCUT2D eigenvalue weighted by atomic mass is 35.5. The van der Waals surface area contributed by atoms with Gasteiger partial charge in [0.1, 0.15) is 17.1 Å². The number of nitro benzene ring substituents is 1. The van der Waals surface area contributed by atoms with E-state index in [0.29, 0.717) is 30.3 Å². The van der Waals surface area contributed by atoms with Crippen LogP contribution >= 0.6 is 11.6 Å². The molecule has 4 rings (SSSR count). The smallest absolute Gasteiger partial charge is 0.325 e. The maximum Gasteiger partial charge on any atom is 0.325 e. The third-order valence-corrected chi connectivity index (χ3v) is 5.65. The van der Waals surface area contributed by atoms with Gasteiger partial charge in [0.15, 0.2) is 11.5 Å². The van der Waals surface area contributed by atoms with Gasteiger partial charge in [-0.15, -0.1) is 0 Å². The van der Waals surface area contributed by atoms with Gasteiger partial charge in [-0.05, 0) is 36.8 Å². The quantitative estimate of drug-likeness (QED) is 0.385. The van der Waals surface area contributed by atoms with Crippen molar-refractivity contribution in [2.75, 3.05) is 25.1 Å². The average molecular weight is 475 g/mol. The normalized spacial score (nSPS) is 19.6. The molecule has 33 heavy (non-hydrogen) atoms. The van der Waals surface area contributed by atoms with E-state index in [-0.39, 0.29) is 16.4 Å². The minimum Gasteiger partial charge on any atom is -0.490 e. The van der Waals surface area contributed by atoms with Crippen LogP contribution in [0.4, 0.5) is 16.2 Å². The first-order valence-electron chi connectivity index (χ1n) is 9.97. The van der Waals surface area contributed by atoms with E-state index in [2.05, 4.69) is 10.6 Å². The van der Waals surface area contributed by atoms with Crippen LogP contribution in [0.1, 0.15) is 18.9 Å². The predicted molar refractivity (Wildman–Crippen MR) is 116 cm³/mol. The minimum atomic E-state index is -1.42. The number of nitro groups is 1. The van der Waals surface area contributed by atoms with Crippen molar-refractivity contribution in [3.05, 3.63) is 57.1 Å². The van der Waals surface area contributed by atoms with E-state index in [1.54, 1.807) is 18.2 Å². The summed E-state index contributed by atoms with van der Waals surface area (Å²) in [4.78, 5) is 49.3. The predicted octanol–water partition coefficient (Wildman–Crippen LogP) is 2.82. The van der Waals surface area contributed by atoms with Crippen molar-refractivity contribution in [1.82, 2.24) is 10.2 Å². The second-order valence-corrected chi connectivity index (χ2v) is 8.04. The second-order valence-electron chi connectivity index (χ2n) is 7.63. The Kier molecular flexibility index (Phi) is 5.81. The van der Waals surface area contributed by atoms with Crippen LogP contribution in [-0.2, 0) is 15.1 Å². The van der Waals surface area contributed by atoms with E-state index in [9.17, 15) is 24.5 Å². The number of nitrogens with one attached hydrogen (secondary N) is 2. The highest BCUT2D eigenvalue weighted by Crippen LogP contribution is 2.36. The number of imide groups is 1. The number of hydrogen-bond donors (Lipinski definition) is 2. The molecule has 0 aromatic heterocycles. The number of nitrogens with zero attached hydrogens (tertiary/aromatic N) is 2. The number of amides is 4. The van der Waals surface area contributed by atoms with Crippen molar-refractivity contribution in [1.29, 1.82) is 0 Å². The lowest BCUT2D eigenvalue weighted by Crippen LogP contribution is -2.42. The molecule has 12 heteroatoms. The van der Waals surface area contributed by atoms with E-state index in [0.717, 1.165) is 17.4 Å². The molecule has 0 saturated carbocycles. The van der Waals surface area contributed by atoms with Gasteiger partial charge in [-0.3, -0.25) is 24.6 Å². The molecule has 1 atom stereocenters. The molecule has 2 aliphatic rings. The number of anilines is 1. The molecule has 0 bridgehead atoms. The van der Waals surface area contributed by atoms with E-state index >= 15 is 0 Å². The summed E-state index contributed by atoms with van der Waals surface area (Å²) in [5.41, 5.74) is -1.22. The number of urea groups is 1. The van der Waals surface area contributed by atoms with Crippen LogP contribution in [-0.4, -0.2) is 47.4 Å². The van der Waals surface area contributed by atoms with Crippen molar-refractivity contribution in [3.63, 3.8) is 0 Å². The minimum absolute atomic E-state index is 0.0852. The van der Waals surface area contributed by atoms with E-state index in [1.807, 2.05) is 0 Å². The molecule has 2 aliphatic heterocycles. The molecule has 0 radical (unpaired) electrons. The highest BCUT2D eigenvalue weighted by molar-refractivity contribution is 6.32. The Hall–Kier alpha value is -3.86. The number of ether oxygens (including phenoxy) is 2. The van der Waals surface area contributed by atoms with Crippen molar-refractivity contribution in [3.8, 4) is 11.5 Å². The third kappa shape index (κ3) is 4.27. The molecule has 0 aliphatic carbocycles. The van der Waals surface area contributed by atoms with Gasteiger partial charge in [0.2, 0.25) is 5.91 Å². The van der Waals surface area contributed by atoms with Gasteiger partial charge in [-0.25, -0.2) is 4.79 Å². The zero-order valence-electron chi connectivity index (χ0n) is 17.4. The average Bonchev–Trinajstić information content (AvgIpc) is 2.93. The highest BCUT2D eigenvalue weighted by Gasteiger charge is 2.49. The molecule has 1 fully saturated rings. The maximum absolute atomic E-state index is 13.1. The lowest BCUT2D eigenvalue weighted by atomic mass is 9.91. The monoisotopic (exact) mass is 474 g/mol. The Morgan fingerprint density at radius 3 is 2.67 bits per heavy atom. The fourth-order valence-electron chi connectivity index (χ4n) is 3.58. The molecule has 1 unspecified atom stereocenters. The van der Waals surface area contributed by atoms with Crippen molar-refractivity contribution < 1.29 is 28.8 Å². The summed E-state index contributed by atoms with van der Waals surface area (Å²) < 4.78 is 11.3. The van der Waals surface area contributed by atoms with Gasteiger partial charge < -0.3 is 20.1 Å². The first-order valence-corrected chi connectivity index (χ1v) is 10.3.